The van der Waals surface area contributed by atoms with Gasteiger partial charge in [0.2, 0.25) is 0 Å². The highest BCUT2D eigenvalue weighted by Crippen LogP contribution is 2.26. The summed E-state index contributed by atoms with van der Waals surface area (Å²) in [6, 6.07) is 12.9. The van der Waals surface area contributed by atoms with Crippen LogP contribution in [0.25, 0.3) is 0 Å². The Hall–Kier alpha value is -2.00. The van der Waals surface area contributed by atoms with Crippen molar-refractivity contribution in [1.29, 1.82) is 0 Å². The summed E-state index contributed by atoms with van der Waals surface area (Å²) in [5, 5.41) is 6.81. The fourth-order valence-corrected chi connectivity index (χ4v) is 4.08. The average Bonchev–Trinajstić information content (AvgIpc) is 3.48. The number of guanidine groups is 1. The van der Waals surface area contributed by atoms with E-state index in [1.165, 1.54) is 16.7 Å². The summed E-state index contributed by atoms with van der Waals surface area (Å²) in [5.41, 5.74) is 4.94. The van der Waals surface area contributed by atoms with E-state index in [9.17, 15) is 0 Å². The molecular formula is C26H36IN3O3. The largest absolute Gasteiger partial charge is 0.493 e. The van der Waals surface area contributed by atoms with Gasteiger partial charge in [-0.05, 0) is 55.5 Å². The van der Waals surface area contributed by atoms with Crippen molar-refractivity contribution in [1.82, 2.24) is 10.6 Å². The van der Waals surface area contributed by atoms with Crippen molar-refractivity contribution in [2.24, 2.45) is 10.9 Å². The van der Waals surface area contributed by atoms with Gasteiger partial charge in [0.15, 0.2) is 5.96 Å². The van der Waals surface area contributed by atoms with Crippen LogP contribution in [0.5, 0.6) is 11.5 Å². The number of fused-ring (bicyclic) bond motifs is 1. The molecule has 1 unspecified atom stereocenters. The van der Waals surface area contributed by atoms with Crippen molar-refractivity contribution in [3.63, 3.8) is 0 Å². The molecule has 0 amide bonds. The first-order chi connectivity index (χ1) is 15.7. The molecule has 4 rings (SSSR count). The van der Waals surface area contributed by atoms with Gasteiger partial charge in [-0.25, -0.2) is 4.99 Å². The number of ether oxygens (including phenoxy) is 3. The van der Waals surface area contributed by atoms with Gasteiger partial charge in [0.05, 0.1) is 26.4 Å². The summed E-state index contributed by atoms with van der Waals surface area (Å²) >= 11 is 0. The van der Waals surface area contributed by atoms with Crippen LogP contribution in [0, 0.1) is 12.8 Å². The van der Waals surface area contributed by atoms with Crippen molar-refractivity contribution in [2.45, 2.75) is 39.7 Å². The second-order valence-corrected chi connectivity index (χ2v) is 8.56. The molecule has 33 heavy (non-hydrogen) atoms. The number of aryl methyl sites for hydroxylation is 1. The van der Waals surface area contributed by atoms with Gasteiger partial charge in [-0.2, -0.15) is 0 Å². The maximum Gasteiger partial charge on any atom is 0.191 e. The Bertz CT molecular complexity index is 929. The number of aliphatic imine (C=N–C) groups is 1. The molecule has 2 N–H and O–H groups in total. The summed E-state index contributed by atoms with van der Waals surface area (Å²) in [4.78, 5) is 4.81. The topological polar surface area (TPSA) is 64.1 Å². The van der Waals surface area contributed by atoms with Gasteiger partial charge >= 0.3 is 0 Å². The predicted octanol–water partition coefficient (Wildman–Crippen LogP) is 4.26. The van der Waals surface area contributed by atoms with Crippen LogP contribution in [0.4, 0.5) is 0 Å². The smallest absolute Gasteiger partial charge is 0.191 e. The molecular weight excluding hydrogens is 529 g/mol. The van der Waals surface area contributed by atoms with Crippen molar-refractivity contribution < 1.29 is 14.2 Å². The standard InChI is InChI=1S/C26H35N3O3.HI/c1-3-27-26(28-11-8-20-5-7-24-22(15-20)10-13-31-24)29-16-23-6-4-19(2)14-25(23)32-18-21-9-12-30-17-21;/h4-7,14-15,21H,3,8-13,16-18H2,1-2H3,(H2,27,28,29);1H. The van der Waals surface area contributed by atoms with Crippen molar-refractivity contribution in [2.75, 3.05) is 39.5 Å². The van der Waals surface area contributed by atoms with Gasteiger partial charge in [-0.1, -0.05) is 24.3 Å². The Morgan fingerprint density at radius 2 is 2.06 bits per heavy atom. The molecule has 1 fully saturated rings. The number of hydrogen-bond acceptors (Lipinski definition) is 4. The van der Waals surface area contributed by atoms with Gasteiger partial charge in [-0.15, -0.1) is 24.0 Å². The third-order valence-electron chi connectivity index (χ3n) is 5.93. The number of nitrogens with zero attached hydrogens (tertiary/aromatic N) is 1. The van der Waals surface area contributed by atoms with E-state index >= 15 is 0 Å². The summed E-state index contributed by atoms with van der Waals surface area (Å²) < 4.78 is 17.2. The lowest BCUT2D eigenvalue weighted by atomic mass is 10.1. The lowest BCUT2D eigenvalue weighted by Gasteiger charge is -2.15. The van der Waals surface area contributed by atoms with E-state index in [0.717, 1.165) is 75.2 Å². The van der Waals surface area contributed by atoms with Crippen LogP contribution < -0.4 is 20.1 Å². The molecule has 0 spiro atoms. The number of benzene rings is 2. The first-order valence-corrected chi connectivity index (χ1v) is 11.8. The highest BCUT2D eigenvalue weighted by atomic mass is 127. The highest BCUT2D eigenvalue weighted by molar-refractivity contribution is 14.0. The summed E-state index contributed by atoms with van der Waals surface area (Å²) in [6.07, 6.45) is 3.03. The van der Waals surface area contributed by atoms with E-state index in [1.807, 2.05) is 0 Å². The zero-order chi connectivity index (χ0) is 22.2. The van der Waals surface area contributed by atoms with Crippen LogP contribution in [-0.2, 0) is 24.1 Å². The van der Waals surface area contributed by atoms with Crippen LogP contribution in [0.1, 0.15) is 35.6 Å². The Morgan fingerprint density at radius 3 is 2.88 bits per heavy atom. The fraction of sp³-hybridized carbons (Fsp3) is 0.500. The van der Waals surface area contributed by atoms with Gasteiger partial charge < -0.3 is 24.8 Å². The summed E-state index contributed by atoms with van der Waals surface area (Å²) in [5.74, 6) is 3.27. The van der Waals surface area contributed by atoms with E-state index in [2.05, 4.69) is 60.9 Å². The molecule has 2 aliphatic heterocycles. The van der Waals surface area contributed by atoms with E-state index in [4.69, 9.17) is 19.2 Å². The molecule has 6 nitrogen and oxygen atoms in total. The van der Waals surface area contributed by atoms with Crippen molar-refractivity contribution >= 4 is 29.9 Å². The molecule has 2 aromatic carbocycles. The van der Waals surface area contributed by atoms with E-state index in [1.54, 1.807) is 0 Å². The minimum atomic E-state index is 0. The quantitative estimate of drug-likeness (QED) is 0.270. The average molecular weight is 565 g/mol. The predicted molar refractivity (Wildman–Crippen MR) is 143 cm³/mol. The maximum atomic E-state index is 6.17. The molecule has 2 heterocycles. The van der Waals surface area contributed by atoms with Crippen molar-refractivity contribution in [3.8, 4) is 11.5 Å². The molecule has 0 aliphatic carbocycles. The van der Waals surface area contributed by atoms with E-state index in [-0.39, 0.29) is 24.0 Å². The van der Waals surface area contributed by atoms with Crippen LogP contribution in [0.3, 0.4) is 0 Å². The minimum Gasteiger partial charge on any atom is -0.493 e. The molecule has 7 heteroatoms. The molecule has 1 atom stereocenters. The second-order valence-electron chi connectivity index (χ2n) is 8.56. The van der Waals surface area contributed by atoms with Crippen LogP contribution in [0.15, 0.2) is 41.4 Å². The Kier molecular flexibility index (Phi) is 10.1. The SMILES string of the molecule is CCNC(=NCc1ccc(C)cc1OCC1CCOC1)NCCc1ccc2c(c1)CCO2.I. The zero-order valence-electron chi connectivity index (χ0n) is 19.7. The summed E-state index contributed by atoms with van der Waals surface area (Å²) in [6.45, 7) is 9.53. The van der Waals surface area contributed by atoms with Gasteiger partial charge in [-0.3, -0.25) is 0 Å². The van der Waals surface area contributed by atoms with Crippen molar-refractivity contribution in [3.05, 3.63) is 58.7 Å². The summed E-state index contributed by atoms with van der Waals surface area (Å²) in [7, 11) is 0. The molecule has 2 aliphatic rings. The highest BCUT2D eigenvalue weighted by Gasteiger charge is 2.17. The van der Waals surface area contributed by atoms with Gasteiger partial charge in [0.1, 0.15) is 11.5 Å². The maximum absolute atomic E-state index is 6.17. The van der Waals surface area contributed by atoms with E-state index in [0.29, 0.717) is 19.1 Å². The normalized spacial score (nSPS) is 17.2. The Balaban J connectivity index is 0.00000306. The number of hydrogen-bond donors (Lipinski definition) is 2. The zero-order valence-corrected chi connectivity index (χ0v) is 22.0. The number of rotatable bonds is 9. The van der Waals surface area contributed by atoms with Crippen LogP contribution in [0.2, 0.25) is 0 Å². The van der Waals surface area contributed by atoms with Gasteiger partial charge in [0.25, 0.3) is 0 Å². The molecule has 1 saturated heterocycles. The molecule has 0 aromatic heterocycles. The van der Waals surface area contributed by atoms with Crippen LogP contribution in [-0.4, -0.2) is 45.5 Å². The van der Waals surface area contributed by atoms with Gasteiger partial charge in [0, 0.05) is 37.6 Å². The minimum absolute atomic E-state index is 0. The molecule has 0 radical (unpaired) electrons. The lowest BCUT2D eigenvalue weighted by molar-refractivity contribution is 0.166. The second kappa shape index (κ2) is 13.0. The number of halogens is 1. The first-order valence-electron chi connectivity index (χ1n) is 11.8. The third kappa shape index (κ3) is 7.50. The van der Waals surface area contributed by atoms with Crippen LogP contribution >= 0.6 is 24.0 Å². The molecule has 180 valence electrons. The molecule has 0 bridgehead atoms. The first kappa shape index (κ1) is 25.6. The monoisotopic (exact) mass is 565 g/mol. The number of nitrogens with one attached hydrogen (secondary N) is 2. The Labute approximate surface area is 214 Å². The van der Waals surface area contributed by atoms with E-state index < -0.39 is 0 Å². The fourth-order valence-electron chi connectivity index (χ4n) is 4.08. The third-order valence-corrected chi connectivity index (χ3v) is 5.93. The molecule has 0 saturated carbocycles. The molecule has 2 aromatic rings. The lowest BCUT2D eigenvalue weighted by Crippen LogP contribution is -2.38. The Morgan fingerprint density at radius 1 is 1.15 bits per heavy atom.